The van der Waals surface area contributed by atoms with Crippen LogP contribution in [0.1, 0.15) is 73.6 Å². The number of hydrogen-bond donors (Lipinski definition) is 0. The molecule has 0 bridgehead atoms. The van der Waals surface area contributed by atoms with Crippen LogP contribution in [0.5, 0.6) is 0 Å². The second-order valence-electron chi connectivity index (χ2n) is 6.67. The zero-order valence-electron chi connectivity index (χ0n) is 13.8. The van der Waals surface area contributed by atoms with E-state index in [2.05, 4.69) is 46.4 Å². The van der Waals surface area contributed by atoms with Gasteiger partial charge in [0.25, 0.3) is 0 Å². The molecule has 0 saturated carbocycles. The second-order valence-corrected chi connectivity index (χ2v) is 6.67. The van der Waals surface area contributed by atoms with Crippen molar-refractivity contribution in [2.45, 2.75) is 73.6 Å². The SMILES string of the molecule is CCC(CCCC(C)C)CCN(CC)CC(C)C. The van der Waals surface area contributed by atoms with Crippen LogP contribution < -0.4 is 0 Å². The van der Waals surface area contributed by atoms with Crippen molar-refractivity contribution in [1.82, 2.24) is 4.90 Å². The van der Waals surface area contributed by atoms with Crippen LogP contribution in [0.2, 0.25) is 0 Å². The molecule has 0 spiro atoms. The zero-order valence-corrected chi connectivity index (χ0v) is 13.8. The lowest BCUT2D eigenvalue weighted by Crippen LogP contribution is -2.29. The summed E-state index contributed by atoms with van der Waals surface area (Å²) in [5.41, 5.74) is 0. The fraction of sp³-hybridized carbons (Fsp3) is 1.00. The highest BCUT2D eigenvalue weighted by Gasteiger charge is 2.10. The lowest BCUT2D eigenvalue weighted by molar-refractivity contribution is 0.230. The summed E-state index contributed by atoms with van der Waals surface area (Å²) in [5.74, 6) is 2.62. The van der Waals surface area contributed by atoms with Gasteiger partial charge < -0.3 is 4.90 Å². The highest BCUT2D eigenvalue weighted by Crippen LogP contribution is 2.19. The van der Waals surface area contributed by atoms with Gasteiger partial charge in [-0.15, -0.1) is 0 Å². The summed E-state index contributed by atoms with van der Waals surface area (Å²) in [4.78, 5) is 2.62. The van der Waals surface area contributed by atoms with Crippen molar-refractivity contribution >= 4 is 0 Å². The molecular formula is C17H37N. The monoisotopic (exact) mass is 255 g/mol. The molecule has 0 amide bonds. The summed E-state index contributed by atoms with van der Waals surface area (Å²) in [5, 5.41) is 0. The van der Waals surface area contributed by atoms with Crippen LogP contribution in [0.25, 0.3) is 0 Å². The molecule has 0 aromatic rings. The van der Waals surface area contributed by atoms with Gasteiger partial charge in [-0.2, -0.15) is 0 Å². The molecule has 0 rings (SSSR count). The number of nitrogens with zero attached hydrogens (tertiary/aromatic N) is 1. The minimum absolute atomic E-state index is 0.797. The highest BCUT2D eigenvalue weighted by atomic mass is 15.1. The van der Waals surface area contributed by atoms with Crippen molar-refractivity contribution in [3.05, 3.63) is 0 Å². The minimum Gasteiger partial charge on any atom is -0.303 e. The van der Waals surface area contributed by atoms with Gasteiger partial charge in [0.2, 0.25) is 0 Å². The van der Waals surface area contributed by atoms with Gasteiger partial charge in [-0.25, -0.2) is 0 Å². The van der Waals surface area contributed by atoms with E-state index in [1.165, 1.54) is 51.7 Å². The predicted molar refractivity (Wildman–Crippen MR) is 84.0 cm³/mol. The molecule has 1 nitrogen and oxygen atoms in total. The Labute approximate surface area is 116 Å². The van der Waals surface area contributed by atoms with Gasteiger partial charge in [0.1, 0.15) is 0 Å². The largest absolute Gasteiger partial charge is 0.303 e. The molecule has 0 aromatic heterocycles. The smallest absolute Gasteiger partial charge is 0.000427 e. The Hall–Kier alpha value is -0.0400. The van der Waals surface area contributed by atoms with Crippen LogP contribution in [-0.2, 0) is 0 Å². The van der Waals surface area contributed by atoms with Crippen LogP contribution in [-0.4, -0.2) is 24.5 Å². The van der Waals surface area contributed by atoms with Crippen molar-refractivity contribution in [3.63, 3.8) is 0 Å². The van der Waals surface area contributed by atoms with E-state index >= 15 is 0 Å². The second kappa shape index (κ2) is 10.8. The first-order chi connectivity index (χ1) is 8.49. The normalized spacial score (nSPS) is 13.8. The third-order valence-electron chi connectivity index (χ3n) is 3.90. The lowest BCUT2D eigenvalue weighted by Gasteiger charge is -2.25. The Morgan fingerprint density at radius 3 is 1.94 bits per heavy atom. The molecule has 18 heavy (non-hydrogen) atoms. The average Bonchev–Trinajstić information content (AvgIpc) is 2.30. The molecular weight excluding hydrogens is 218 g/mol. The van der Waals surface area contributed by atoms with Gasteiger partial charge >= 0.3 is 0 Å². The Morgan fingerprint density at radius 1 is 0.833 bits per heavy atom. The molecule has 0 saturated heterocycles. The maximum atomic E-state index is 2.62. The summed E-state index contributed by atoms with van der Waals surface area (Å²) >= 11 is 0. The van der Waals surface area contributed by atoms with Crippen LogP contribution in [0.15, 0.2) is 0 Å². The van der Waals surface area contributed by atoms with Gasteiger partial charge in [0.15, 0.2) is 0 Å². The molecule has 1 unspecified atom stereocenters. The maximum Gasteiger partial charge on any atom is 0.000427 e. The number of hydrogen-bond acceptors (Lipinski definition) is 1. The van der Waals surface area contributed by atoms with Crippen molar-refractivity contribution in [3.8, 4) is 0 Å². The Kier molecular flexibility index (Phi) is 10.8. The number of rotatable bonds is 11. The third-order valence-corrected chi connectivity index (χ3v) is 3.90. The molecule has 110 valence electrons. The van der Waals surface area contributed by atoms with Gasteiger partial charge in [-0.3, -0.25) is 0 Å². The lowest BCUT2D eigenvalue weighted by atomic mass is 9.93. The van der Waals surface area contributed by atoms with E-state index in [0.29, 0.717) is 0 Å². The van der Waals surface area contributed by atoms with Gasteiger partial charge in [-0.05, 0) is 37.3 Å². The first-order valence-corrected chi connectivity index (χ1v) is 8.21. The predicted octanol–water partition coefficient (Wildman–Crippen LogP) is 5.21. The first-order valence-electron chi connectivity index (χ1n) is 8.21. The summed E-state index contributed by atoms with van der Waals surface area (Å²) in [6.07, 6.45) is 7.02. The minimum atomic E-state index is 0.797. The summed E-state index contributed by atoms with van der Waals surface area (Å²) in [6, 6.07) is 0. The molecule has 1 heteroatoms. The third kappa shape index (κ3) is 9.94. The first kappa shape index (κ1) is 18.0. The standard InChI is InChI=1S/C17H37N/c1-7-17(11-9-10-15(3)4)12-13-18(8-2)14-16(5)6/h15-17H,7-14H2,1-6H3. The van der Waals surface area contributed by atoms with Crippen molar-refractivity contribution < 1.29 is 0 Å². The van der Waals surface area contributed by atoms with E-state index in [0.717, 1.165) is 17.8 Å². The Bertz CT molecular complexity index is 174. The summed E-state index contributed by atoms with van der Waals surface area (Å²) < 4.78 is 0. The Balaban J connectivity index is 3.82. The molecule has 0 fully saturated rings. The van der Waals surface area contributed by atoms with Crippen LogP contribution in [0.3, 0.4) is 0 Å². The molecule has 0 heterocycles. The van der Waals surface area contributed by atoms with Crippen LogP contribution in [0, 0.1) is 17.8 Å². The molecule has 1 atom stereocenters. The van der Waals surface area contributed by atoms with E-state index < -0.39 is 0 Å². The van der Waals surface area contributed by atoms with Crippen molar-refractivity contribution in [2.75, 3.05) is 19.6 Å². The van der Waals surface area contributed by atoms with E-state index in [4.69, 9.17) is 0 Å². The molecule has 0 aromatic carbocycles. The van der Waals surface area contributed by atoms with Gasteiger partial charge in [0, 0.05) is 6.54 Å². The fourth-order valence-corrected chi connectivity index (χ4v) is 2.63. The molecule has 0 radical (unpaired) electrons. The molecule has 0 aliphatic carbocycles. The van der Waals surface area contributed by atoms with Crippen LogP contribution in [0.4, 0.5) is 0 Å². The molecule has 0 aliphatic heterocycles. The Morgan fingerprint density at radius 2 is 1.50 bits per heavy atom. The van der Waals surface area contributed by atoms with Crippen molar-refractivity contribution in [1.29, 1.82) is 0 Å². The topological polar surface area (TPSA) is 3.24 Å². The highest BCUT2D eigenvalue weighted by molar-refractivity contribution is 4.64. The average molecular weight is 255 g/mol. The van der Waals surface area contributed by atoms with E-state index in [1.807, 2.05) is 0 Å². The van der Waals surface area contributed by atoms with E-state index in [-0.39, 0.29) is 0 Å². The van der Waals surface area contributed by atoms with Crippen molar-refractivity contribution in [2.24, 2.45) is 17.8 Å². The quantitative estimate of drug-likeness (QED) is 0.490. The zero-order chi connectivity index (χ0) is 14.0. The summed E-state index contributed by atoms with van der Waals surface area (Å²) in [6.45, 7) is 17.7. The molecule has 0 N–H and O–H groups in total. The van der Waals surface area contributed by atoms with E-state index in [9.17, 15) is 0 Å². The maximum absolute atomic E-state index is 2.62. The van der Waals surface area contributed by atoms with Gasteiger partial charge in [-0.1, -0.05) is 67.2 Å². The van der Waals surface area contributed by atoms with E-state index in [1.54, 1.807) is 0 Å². The fourth-order valence-electron chi connectivity index (χ4n) is 2.63. The van der Waals surface area contributed by atoms with Gasteiger partial charge in [0.05, 0.1) is 0 Å². The molecule has 0 aliphatic rings. The summed E-state index contributed by atoms with van der Waals surface area (Å²) in [7, 11) is 0. The van der Waals surface area contributed by atoms with Crippen LogP contribution >= 0.6 is 0 Å².